The summed E-state index contributed by atoms with van der Waals surface area (Å²) in [7, 11) is 1.60. The summed E-state index contributed by atoms with van der Waals surface area (Å²) in [4.78, 5) is 27.3. The zero-order valence-electron chi connectivity index (χ0n) is 25.5. The minimum Gasteiger partial charge on any atom is -0.497 e. The summed E-state index contributed by atoms with van der Waals surface area (Å²) in [6.07, 6.45) is 1.62. The molecule has 1 unspecified atom stereocenters. The highest BCUT2D eigenvalue weighted by Gasteiger charge is 2.60. The minimum atomic E-state index is -1.68. The lowest BCUT2D eigenvalue weighted by Crippen LogP contribution is -2.46. The monoisotopic (exact) mass is 628 g/mol. The van der Waals surface area contributed by atoms with Gasteiger partial charge in [0.15, 0.2) is 0 Å². The Balaban J connectivity index is 1.33. The smallest absolute Gasteiger partial charge is 0.248 e. The third-order valence-corrected chi connectivity index (χ3v) is 9.20. The van der Waals surface area contributed by atoms with Crippen molar-refractivity contribution >= 4 is 44.4 Å². The number of aromatic nitrogens is 5. The summed E-state index contributed by atoms with van der Waals surface area (Å²) in [5.41, 5.74) is 10.3. The standard InChI is InChI=1S/C37H24N8O3/c1-47-23-16-14-21(15-17-23)45-22(19-40-43-45)20-44-30-13-7-4-10-26(30)37(36(44)46)27(18-38)35(39)48-34-25-9-3-2-8-24(25)32-33(31(34)37)42-29-12-6-5-11-28(29)41-32/h2-17,19H,20,39H2,1H3. The van der Waals surface area contributed by atoms with Crippen molar-refractivity contribution < 1.29 is 14.3 Å². The molecular weight excluding hydrogens is 604 g/mol. The number of nitrogens with two attached hydrogens (primary N) is 1. The van der Waals surface area contributed by atoms with Crippen molar-refractivity contribution in [1.82, 2.24) is 25.0 Å². The van der Waals surface area contributed by atoms with Crippen LogP contribution in [0.25, 0.3) is 38.5 Å². The van der Waals surface area contributed by atoms with Gasteiger partial charge in [-0.25, -0.2) is 14.6 Å². The number of benzene rings is 5. The lowest BCUT2D eigenvalue weighted by Gasteiger charge is -2.35. The first-order valence-corrected chi connectivity index (χ1v) is 15.2. The topological polar surface area (TPSA) is 145 Å². The molecule has 0 bridgehead atoms. The Bertz CT molecular complexity index is 2570. The molecule has 9 rings (SSSR count). The lowest BCUT2D eigenvalue weighted by molar-refractivity contribution is -0.121. The van der Waals surface area contributed by atoms with Gasteiger partial charge < -0.3 is 20.1 Å². The number of anilines is 1. The number of rotatable bonds is 4. The molecule has 4 heterocycles. The van der Waals surface area contributed by atoms with Crippen LogP contribution in [0.2, 0.25) is 0 Å². The van der Waals surface area contributed by atoms with Crippen LogP contribution in [0.1, 0.15) is 16.8 Å². The van der Waals surface area contributed by atoms with Gasteiger partial charge in [-0.3, -0.25) is 4.79 Å². The molecule has 0 aliphatic carbocycles. The maximum atomic E-state index is 15.4. The Morgan fingerprint density at radius 1 is 0.896 bits per heavy atom. The highest BCUT2D eigenvalue weighted by atomic mass is 16.5. The number of hydrogen-bond donors (Lipinski definition) is 1. The fourth-order valence-corrected chi connectivity index (χ4v) is 7.12. The van der Waals surface area contributed by atoms with Crippen LogP contribution in [0.4, 0.5) is 5.69 Å². The van der Waals surface area contributed by atoms with E-state index in [4.69, 9.17) is 25.2 Å². The average molecular weight is 629 g/mol. The van der Waals surface area contributed by atoms with Crippen molar-refractivity contribution in [3.05, 3.63) is 132 Å². The second kappa shape index (κ2) is 10.1. The Morgan fingerprint density at radius 2 is 1.58 bits per heavy atom. The Labute approximate surface area is 273 Å². The van der Waals surface area contributed by atoms with Crippen LogP contribution in [-0.2, 0) is 16.8 Å². The average Bonchev–Trinajstić information content (AvgIpc) is 3.69. The largest absolute Gasteiger partial charge is 0.497 e. The van der Waals surface area contributed by atoms with Gasteiger partial charge in [0, 0.05) is 27.6 Å². The first kappa shape index (κ1) is 27.5. The lowest BCUT2D eigenvalue weighted by atomic mass is 9.67. The molecule has 1 spiro atoms. The maximum absolute atomic E-state index is 15.4. The summed E-state index contributed by atoms with van der Waals surface area (Å²) >= 11 is 0. The van der Waals surface area contributed by atoms with E-state index in [1.54, 1.807) is 22.9 Å². The SMILES string of the molecule is COc1ccc(-n2nncc2CN2C(=O)C3(C(C#N)=C(N)Oc4c3c3nc5ccccc5nc3c3ccccc43)c3ccccc32)cc1. The Hall–Kier alpha value is -6.80. The van der Waals surface area contributed by atoms with Gasteiger partial charge in [0.25, 0.3) is 0 Å². The molecule has 230 valence electrons. The number of nitrogens with zero attached hydrogens (tertiary/aromatic N) is 7. The molecule has 1 atom stereocenters. The molecule has 0 fully saturated rings. The zero-order valence-corrected chi connectivity index (χ0v) is 25.5. The quantitative estimate of drug-likeness (QED) is 0.199. The van der Waals surface area contributed by atoms with Crippen LogP contribution in [0.15, 0.2) is 115 Å². The molecule has 0 saturated carbocycles. The number of para-hydroxylation sites is 3. The van der Waals surface area contributed by atoms with Gasteiger partial charge in [-0.1, -0.05) is 59.8 Å². The van der Waals surface area contributed by atoms with E-state index in [2.05, 4.69) is 16.4 Å². The van der Waals surface area contributed by atoms with Gasteiger partial charge >= 0.3 is 0 Å². The second-order valence-electron chi connectivity index (χ2n) is 11.6. The second-order valence-corrected chi connectivity index (χ2v) is 11.6. The molecule has 2 aromatic heterocycles. The molecule has 5 aromatic carbocycles. The molecule has 0 saturated heterocycles. The molecule has 0 radical (unpaired) electrons. The number of carbonyl (C=O) groups is 1. The van der Waals surface area contributed by atoms with E-state index in [-0.39, 0.29) is 23.9 Å². The van der Waals surface area contributed by atoms with E-state index >= 15 is 4.79 Å². The minimum absolute atomic E-state index is 0.0109. The van der Waals surface area contributed by atoms with E-state index in [0.29, 0.717) is 61.5 Å². The molecule has 2 aliphatic rings. The van der Waals surface area contributed by atoms with Gasteiger partial charge in [0.2, 0.25) is 11.8 Å². The fraction of sp³-hybridized carbons (Fsp3) is 0.0811. The van der Waals surface area contributed by atoms with Gasteiger partial charge in [-0.2, -0.15) is 5.26 Å². The third-order valence-electron chi connectivity index (χ3n) is 9.20. The summed E-state index contributed by atoms with van der Waals surface area (Å²) in [5, 5.41) is 20.8. The van der Waals surface area contributed by atoms with Crippen molar-refractivity contribution in [3.8, 4) is 23.3 Å². The van der Waals surface area contributed by atoms with Crippen molar-refractivity contribution in [2.24, 2.45) is 5.73 Å². The summed E-state index contributed by atoms with van der Waals surface area (Å²) in [6, 6.07) is 32.3. The van der Waals surface area contributed by atoms with E-state index < -0.39 is 5.41 Å². The van der Waals surface area contributed by atoms with Crippen LogP contribution < -0.4 is 20.1 Å². The number of amides is 1. The number of nitriles is 1. The molecule has 2 N–H and O–H groups in total. The van der Waals surface area contributed by atoms with Crippen LogP contribution in [-0.4, -0.2) is 38.0 Å². The van der Waals surface area contributed by atoms with Crippen molar-refractivity contribution in [2.45, 2.75) is 12.0 Å². The van der Waals surface area contributed by atoms with Gasteiger partial charge in [-0.05, 0) is 42.5 Å². The number of methoxy groups -OCH3 is 1. The predicted octanol–water partition coefficient (Wildman–Crippen LogP) is 5.44. The molecule has 1 amide bonds. The zero-order chi connectivity index (χ0) is 32.6. The summed E-state index contributed by atoms with van der Waals surface area (Å²) < 4.78 is 13.3. The van der Waals surface area contributed by atoms with Gasteiger partial charge in [0.05, 0.1) is 53.3 Å². The molecule has 11 heteroatoms. The van der Waals surface area contributed by atoms with E-state index in [1.165, 1.54) is 0 Å². The predicted molar refractivity (Wildman–Crippen MR) is 178 cm³/mol. The van der Waals surface area contributed by atoms with E-state index in [1.807, 2.05) is 97.1 Å². The third kappa shape index (κ3) is 3.59. The Morgan fingerprint density at radius 3 is 2.33 bits per heavy atom. The van der Waals surface area contributed by atoms with Crippen molar-refractivity contribution in [1.29, 1.82) is 5.26 Å². The summed E-state index contributed by atoms with van der Waals surface area (Å²) in [6.45, 7) is 0.103. The highest BCUT2D eigenvalue weighted by molar-refractivity contribution is 6.20. The number of hydrogen-bond acceptors (Lipinski definition) is 9. The van der Waals surface area contributed by atoms with Crippen LogP contribution in [0, 0.1) is 11.3 Å². The molecule has 11 nitrogen and oxygen atoms in total. The van der Waals surface area contributed by atoms with E-state index in [0.717, 1.165) is 11.1 Å². The number of ether oxygens (including phenoxy) is 2. The van der Waals surface area contributed by atoms with Crippen molar-refractivity contribution in [2.75, 3.05) is 12.0 Å². The van der Waals surface area contributed by atoms with Crippen LogP contribution in [0.5, 0.6) is 11.5 Å². The molecule has 7 aromatic rings. The first-order chi connectivity index (χ1) is 23.5. The van der Waals surface area contributed by atoms with Crippen LogP contribution in [0.3, 0.4) is 0 Å². The van der Waals surface area contributed by atoms with Gasteiger partial charge in [-0.15, -0.1) is 5.10 Å². The maximum Gasteiger partial charge on any atom is 0.248 e. The Kier molecular flexibility index (Phi) is 5.79. The summed E-state index contributed by atoms with van der Waals surface area (Å²) in [5.74, 6) is 0.558. The highest BCUT2D eigenvalue weighted by Crippen LogP contribution is 2.58. The van der Waals surface area contributed by atoms with Crippen LogP contribution >= 0.6 is 0 Å². The van der Waals surface area contributed by atoms with Gasteiger partial charge in [0.1, 0.15) is 28.6 Å². The molecular formula is C37H24N8O3. The normalized spacial score (nSPS) is 16.8. The number of fused-ring (bicyclic) bond motifs is 10. The fourth-order valence-electron chi connectivity index (χ4n) is 7.12. The molecule has 48 heavy (non-hydrogen) atoms. The van der Waals surface area contributed by atoms with E-state index in [9.17, 15) is 5.26 Å². The first-order valence-electron chi connectivity index (χ1n) is 15.2. The number of carbonyl (C=O) groups excluding carboxylic acids is 1. The molecule has 2 aliphatic heterocycles. The van der Waals surface area contributed by atoms with Crippen molar-refractivity contribution in [3.63, 3.8) is 0 Å².